The summed E-state index contributed by atoms with van der Waals surface area (Å²) in [6, 6.07) is 6.84. The molecule has 0 bridgehead atoms. The molecule has 1 fully saturated rings. The number of carbonyl (C=O) groups is 2. The zero-order valence-electron chi connectivity index (χ0n) is 8.69. The molecule has 1 atom stereocenters. The minimum absolute atomic E-state index is 0.218. The molecule has 5 nitrogen and oxygen atoms in total. The van der Waals surface area contributed by atoms with Gasteiger partial charge in [0.05, 0.1) is 11.4 Å². The van der Waals surface area contributed by atoms with Crippen LogP contribution in [-0.2, 0) is 9.59 Å². The van der Waals surface area contributed by atoms with E-state index in [0.717, 1.165) is 5.69 Å². The summed E-state index contributed by atoms with van der Waals surface area (Å²) in [6.07, 6.45) is 0.856. The predicted molar refractivity (Wildman–Crippen MR) is 60.6 cm³/mol. The predicted octanol–water partition coefficient (Wildman–Crippen LogP) is 0.486. The van der Waals surface area contributed by atoms with E-state index < -0.39 is 0 Å². The van der Waals surface area contributed by atoms with E-state index in [-0.39, 0.29) is 17.9 Å². The van der Waals surface area contributed by atoms with Crippen molar-refractivity contribution < 1.29 is 9.59 Å². The van der Waals surface area contributed by atoms with E-state index in [2.05, 4.69) is 10.6 Å². The zero-order chi connectivity index (χ0) is 11.5. The van der Waals surface area contributed by atoms with Crippen LogP contribution in [0.5, 0.6) is 0 Å². The standard InChI is InChI=1S/C11H13N3O2/c12-7-3-1-2-4-8(7)13-9-5-6-10(15)14-11(9)16/h1-4,9,13H,5-6,12H2,(H,14,15,16). The molecule has 2 rings (SSSR count). The first kappa shape index (κ1) is 10.5. The molecule has 84 valence electrons. The molecule has 0 saturated carbocycles. The lowest BCUT2D eigenvalue weighted by molar-refractivity contribution is -0.133. The SMILES string of the molecule is Nc1ccccc1NC1CCC(=O)NC1=O. The third-order valence-corrected chi connectivity index (χ3v) is 2.53. The van der Waals surface area contributed by atoms with E-state index in [1.807, 2.05) is 12.1 Å². The molecule has 1 heterocycles. The van der Waals surface area contributed by atoms with E-state index >= 15 is 0 Å². The molecular weight excluding hydrogens is 206 g/mol. The lowest BCUT2D eigenvalue weighted by Gasteiger charge is -2.23. The van der Waals surface area contributed by atoms with Crippen LogP contribution in [0.15, 0.2) is 24.3 Å². The van der Waals surface area contributed by atoms with Crippen molar-refractivity contribution in [2.45, 2.75) is 18.9 Å². The number of anilines is 2. The monoisotopic (exact) mass is 219 g/mol. The fourth-order valence-corrected chi connectivity index (χ4v) is 1.65. The maximum absolute atomic E-state index is 11.5. The fourth-order valence-electron chi connectivity index (χ4n) is 1.65. The molecule has 0 aliphatic carbocycles. The van der Waals surface area contributed by atoms with Gasteiger partial charge < -0.3 is 11.1 Å². The molecule has 4 N–H and O–H groups in total. The molecule has 0 aromatic heterocycles. The number of nitrogen functional groups attached to an aromatic ring is 1. The molecule has 2 amide bonds. The van der Waals surface area contributed by atoms with Gasteiger partial charge in [-0.1, -0.05) is 12.1 Å². The normalized spacial score (nSPS) is 20.4. The van der Waals surface area contributed by atoms with E-state index in [9.17, 15) is 9.59 Å². The summed E-state index contributed by atoms with van der Waals surface area (Å²) in [6.45, 7) is 0. The van der Waals surface area contributed by atoms with Gasteiger partial charge in [-0.2, -0.15) is 0 Å². The smallest absolute Gasteiger partial charge is 0.249 e. The second-order valence-corrected chi connectivity index (χ2v) is 3.74. The molecule has 0 radical (unpaired) electrons. The zero-order valence-corrected chi connectivity index (χ0v) is 8.69. The number of piperidine rings is 1. The van der Waals surface area contributed by atoms with Crippen LogP contribution in [0.3, 0.4) is 0 Å². The minimum Gasteiger partial charge on any atom is -0.397 e. The van der Waals surface area contributed by atoms with Crippen molar-refractivity contribution >= 4 is 23.2 Å². The number of imide groups is 1. The van der Waals surface area contributed by atoms with Crippen molar-refractivity contribution in [2.75, 3.05) is 11.1 Å². The third kappa shape index (κ3) is 2.13. The van der Waals surface area contributed by atoms with Gasteiger partial charge in [-0.05, 0) is 18.6 Å². The number of amides is 2. The van der Waals surface area contributed by atoms with Gasteiger partial charge in [0.1, 0.15) is 6.04 Å². The van der Waals surface area contributed by atoms with Gasteiger partial charge in [0, 0.05) is 6.42 Å². The number of hydrogen-bond acceptors (Lipinski definition) is 4. The Kier molecular flexibility index (Phi) is 2.76. The molecule has 5 heteroatoms. The Bertz CT molecular complexity index is 431. The average molecular weight is 219 g/mol. The van der Waals surface area contributed by atoms with Crippen molar-refractivity contribution in [3.8, 4) is 0 Å². The van der Waals surface area contributed by atoms with Gasteiger partial charge in [-0.15, -0.1) is 0 Å². The topological polar surface area (TPSA) is 84.2 Å². The summed E-state index contributed by atoms with van der Waals surface area (Å²) >= 11 is 0. The van der Waals surface area contributed by atoms with Crippen molar-refractivity contribution in [1.29, 1.82) is 0 Å². The Morgan fingerprint density at radius 1 is 1.31 bits per heavy atom. The minimum atomic E-state index is -0.387. The first-order valence-electron chi connectivity index (χ1n) is 5.11. The number of nitrogens with two attached hydrogens (primary N) is 1. The van der Waals surface area contributed by atoms with Crippen molar-refractivity contribution in [3.05, 3.63) is 24.3 Å². The molecule has 1 unspecified atom stereocenters. The molecule has 1 aliphatic heterocycles. The first-order valence-corrected chi connectivity index (χ1v) is 5.11. The van der Waals surface area contributed by atoms with E-state index in [0.29, 0.717) is 18.5 Å². The molecule has 16 heavy (non-hydrogen) atoms. The highest BCUT2D eigenvalue weighted by atomic mass is 16.2. The van der Waals surface area contributed by atoms with Crippen molar-refractivity contribution in [3.63, 3.8) is 0 Å². The highest BCUT2D eigenvalue weighted by Crippen LogP contribution is 2.19. The summed E-state index contributed by atoms with van der Waals surface area (Å²) in [4.78, 5) is 22.4. The fraction of sp³-hybridized carbons (Fsp3) is 0.273. The highest BCUT2D eigenvalue weighted by Gasteiger charge is 2.26. The van der Waals surface area contributed by atoms with Gasteiger partial charge in [0.15, 0.2) is 0 Å². The van der Waals surface area contributed by atoms with Crippen LogP contribution < -0.4 is 16.4 Å². The van der Waals surface area contributed by atoms with Gasteiger partial charge >= 0.3 is 0 Å². The van der Waals surface area contributed by atoms with Gasteiger partial charge in [-0.3, -0.25) is 14.9 Å². The Labute approximate surface area is 93.0 Å². The molecule has 1 saturated heterocycles. The number of para-hydroxylation sites is 2. The molecular formula is C11H13N3O2. The van der Waals surface area contributed by atoms with Crippen LogP contribution in [0.1, 0.15) is 12.8 Å². The summed E-state index contributed by atoms with van der Waals surface area (Å²) in [5.41, 5.74) is 7.06. The summed E-state index contributed by atoms with van der Waals surface area (Å²) in [5.74, 6) is -0.511. The van der Waals surface area contributed by atoms with Crippen LogP contribution >= 0.6 is 0 Å². The second kappa shape index (κ2) is 4.22. The van der Waals surface area contributed by atoms with Crippen LogP contribution in [0.2, 0.25) is 0 Å². The summed E-state index contributed by atoms with van der Waals surface area (Å²) in [5, 5.41) is 5.32. The molecule has 1 aromatic carbocycles. The number of hydrogen-bond donors (Lipinski definition) is 3. The molecule has 1 aliphatic rings. The first-order chi connectivity index (χ1) is 7.66. The van der Waals surface area contributed by atoms with Crippen LogP contribution in [0.4, 0.5) is 11.4 Å². The van der Waals surface area contributed by atoms with E-state index in [1.54, 1.807) is 12.1 Å². The Morgan fingerprint density at radius 3 is 2.75 bits per heavy atom. The van der Waals surface area contributed by atoms with Crippen LogP contribution in [0, 0.1) is 0 Å². The Morgan fingerprint density at radius 2 is 2.06 bits per heavy atom. The summed E-state index contributed by atoms with van der Waals surface area (Å²) in [7, 11) is 0. The van der Waals surface area contributed by atoms with E-state index in [4.69, 9.17) is 5.73 Å². The maximum Gasteiger partial charge on any atom is 0.249 e. The lowest BCUT2D eigenvalue weighted by Crippen LogP contribution is -2.47. The number of carbonyl (C=O) groups excluding carboxylic acids is 2. The Balaban J connectivity index is 2.08. The average Bonchev–Trinajstić information content (AvgIpc) is 2.25. The maximum atomic E-state index is 11.5. The van der Waals surface area contributed by atoms with Crippen molar-refractivity contribution in [1.82, 2.24) is 5.32 Å². The van der Waals surface area contributed by atoms with Gasteiger partial charge in [-0.25, -0.2) is 0 Å². The number of benzene rings is 1. The molecule has 1 aromatic rings. The van der Waals surface area contributed by atoms with Gasteiger partial charge in [0.25, 0.3) is 0 Å². The third-order valence-electron chi connectivity index (χ3n) is 2.53. The van der Waals surface area contributed by atoms with Crippen LogP contribution in [0.25, 0.3) is 0 Å². The lowest BCUT2D eigenvalue weighted by atomic mass is 10.1. The number of nitrogens with one attached hydrogen (secondary N) is 2. The quantitative estimate of drug-likeness (QED) is 0.499. The largest absolute Gasteiger partial charge is 0.397 e. The Hall–Kier alpha value is -2.04. The van der Waals surface area contributed by atoms with Crippen molar-refractivity contribution in [2.24, 2.45) is 0 Å². The highest BCUT2D eigenvalue weighted by molar-refractivity contribution is 6.01. The summed E-state index contributed by atoms with van der Waals surface area (Å²) < 4.78 is 0. The number of rotatable bonds is 2. The van der Waals surface area contributed by atoms with Crippen LogP contribution in [-0.4, -0.2) is 17.9 Å². The molecule has 0 spiro atoms. The van der Waals surface area contributed by atoms with Gasteiger partial charge in [0.2, 0.25) is 11.8 Å². The second-order valence-electron chi connectivity index (χ2n) is 3.74. The van der Waals surface area contributed by atoms with E-state index in [1.165, 1.54) is 0 Å².